The predicted octanol–water partition coefficient (Wildman–Crippen LogP) is -0.311. The van der Waals surface area contributed by atoms with E-state index >= 15 is 0 Å². The van der Waals surface area contributed by atoms with Gasteiger partial charge in [-0.1, -0.05) is 0 Å². The molecule has 0 bridgehead atoms. The number of ether oxygens (including phenoxy) is 2. The topological polar surface area (TPSA) is 96.2 Å². The zero-order chi connectivity index (χ0) is 12.7. The van der Waals surface area contributed by atoms with Gasteiger partial charge in [0.05, 0.1) is 6.61 Å². The Kier molecular flexibility index (Phi) is 5.05. The van der Waals surface area contributed by atoms with E-state index in [2.05, 4.69) is 20.3 Å². The first kappa shape index (κ1) is 13.1. The molecule has 17 heavy (non-hydrogen) atoms. The highest BCUT2D eigenvalue weighted by Crippen LogP contribution is 1.98. The van der Waals surface area contributed by atoms with Crippen molar-refractivity contribution in [3.63, 3.8) is 0 Å². The van der Waals surface area contributed by atoms with E-state index in [9.17, 15) is 9.59 Å². The number of aromatic nitrogens is 4. The molecule has 0 amide bonds. The smallest absolute Gasteiger partial charge is 0.317 e. The van der Waals surface area contributed by atoms with Gasteiger partial charge in [0, 0.05) is 6.54 Å². The molecule has 0 unspecified atom stereocenters. The normalized spacial score (nSPS) is 10.0. The Bertz CT molecular complexity index is 390. The first-order chi connectivity index (χ1) is 8.17. The van der Waals surface area contributed by atoms with Crippen molar-refractivity contribution in [2.75, 3.05) is 6.61 Å². The number of hydrogen-bond donors (Lipinski definition) is 0. The van der Waals surface area contributed by atoms with Crippen LogP contribution in [0.3, 0.4) is 0 Å². The molecule has 0 aliphatic heterocycles. The first-order valence-electron chi connectivity index (χ1n) is 5.23. The maximum Gasteiger partial charge on any atom is 0.317 e. The average Bonchev–Trinajstić information content (AvgIpc) is 2.73. The minimum absolute atomic E-state index is 0.0565. The van der Waals surface area contributed by atoms with Crippen molar-refractivity contribution in [3.05, 3.63) is 5.82 Å². The van der Waals surface area contributed by atoms with Gasteiger partial charge in [-0.2, -0.15) is 0 Å². The van der Waals surface area contributed by atoms with Crippen molar-refractivity contribution in [1.29, 1.82) is 0 Å². The predicted molar refractivity (Wildman–Crippen MR) is 54.5 cm³/mol. The Balaban J connectivity index is 2.35. The van der Waals surface area contributed by atoms with Crippen LogP contribution in [0.4, 0.5) is 0 Å². The third kappa shape index (κ3) is 4.17. The van der Waals surface area contributed by atoms with Crippen LogP contribution in [-0.2, 0) is 32.2 Å². The van der Waals surface area contributed by atoms with Crippen LogP contribution in [0.25, 0.3) is 0 Å². The van der Waals surface area contributed by atoms with Crippen molar-refractivity contribution >= 4 is 11.9 Å². The summed E-state index contributed by atoms with van der Waals surface area (Å²) >= 11 is 0. The van der Waals surface area contributed by atoms with Crippen molar-refractivity contribution < 1.29 is 19.1 Å². The number of rotatable bonds is 6. The van der Waals surface area contributed by atoms with Crippen molar-refractivity contribution in [2.45, 2.75) is 33.4 Å². The molecule has 0 atom stereocenters. The summed E-state index contributed by atoms with van der Waals surface area (Å²) in [5.41, 5.74) is 0. The van der Waals surface area contributed by atoms with E-state index in [0.29, 0.717) is 12.4 Å². The van der Waals surface area contributed by atoms with Crippen LogP contribution < -0.4 is 0 Å². The monoisotopic (exact) mass is 242 g/mol. The molecule has 1 aromatic rings. The largest absolute Gasteiger partial charge is 0.466 e. The minimum Gasteiger partial charge on any atom is -0.466 e. The molecule has 0 aliphatic rings. The maximum absolute atomic E-state index is 11.2. The summed E-state index contributed by atoms with van der Waals surface area (Å²) in [6.07, 6.45) is -0.401. The SMILES string of the molecule is CCOC(=O)CC(=O)OCc1nnnn1CC. The molecular formula is C9H14N4O4. The Morgan fingerprint density at radius 2 is 1.94 bits per heavy atom. The molecule has 94 valence electrons. The highest BCUT2D eigenvalue weighted by atomic mass is 16.6. The van der Waals surface area contributed by atoms with Crippen LogP contribution in [0.15, 0.2) is 0 Å². The minimum atomic E-state index is -0.658. The van der Waals surface area contributed by atoms with Gasteiger partial charge in [-0.15, -0.1) is 5.10 Å². The molecule has 0 N–H and O–H groups in total. The summed E-state index contributed by atoms with van der Waals surface area (Å²) in [6.45, 7) is 4.29. The van der Waals surface area contributed by atoms with Gasteiger partial charge in [-0.25, -0.2) is 4.68 Å². The molecule has 0 saturated carbocycles. The number of carbonyl (C=O) groups excluding carboxylic acids is 2. The summed E-state index contributed by atoms with van der Waals surface area (Å²) in [5.74, 6) is -0.827. The lowest BCUT2D eigenvalue weighted by Crippen LogP contribution is -2.15. The van der Waals surface area contributed by atoms with Gasteiger partial charge in [-0.05, 0) is 24.3 Å². The maximum atomic E-state index is 11.2. The summed E-state index contributed by atoms with van der Waals surface area (Å²) in [6, 6.07) is 0. The molecule has 0 fully saturated rings. The average molecular weight is 242 g/mol. The molecule has 0 saturated heterocycles. The van der Waals surface area contributed by atoms with Crippen LogP contribution in [0, 0.1) is 0 Å². The summed E-state index contributed by atoms with van der Waals surface area (Å²) in [5, 5.41) is 10.8. The van der Waals surface area contributed by atoms with Gasteiger partial charge in [0.1, 0.15) is 6.42 Å². The Morgan fingerprint density at radius 1 is 1.24 bits per heavy atom. The highest BCUT2D eigenvalue weighted by molar-refractivity contribution is 5.91. The molecular weight excluding hydrogens is 228 g/mol. The Hall–Kier alpha value is -1.99. The molecule has 8 nitrogen and oxygen atoms in total. The number of carbonyl (C=O) groups is 2. The second-order valence-corrected chi connectivity index (χ2v) is 3.05. The third-order valence-corrected chi connectivity index (χ3v) is 1.86. The zero-order valence-corrected chi connectivity index (χ0v) is 9.75. The molecule has 0 aromatic carbocycles. The lowest BCUT2D eigenvalue weighted by Gasteiger charge is -2.04. The number of tetrazole rings is 1. The second kappa shape index (κ2) is 6.56. The number of hydrogen-bond acceptors (Lipinski definition) is 7. The molecule has 1 heterocycles. The lowest BCUT2D eigenvalue weighted by atomic mass is 10.4. The summed E-state index contributed by atoms with van der Waals surface area (Å²) < 4.78 is 10.9. The van der Waals surface area contributed by atoms with E-state index in [1.54, 1.807) is 6.92 Å². The number of esters is 2. The highest BCUT2D eigenvalue weighted by Gasteiger charge is 2.13. The molecule has 8 heteroatoms. The van der Waals surface area contributed by atoms with E-state index in [1.165, 1.54) is 4.68 Å². The lowest BCUT2D eigenvalue weighted by molar-refractivity contribution is -0.155. The molecule has 1 rings (SSSR count). The fourth-order valence-corrected chi connectivity index (χ4v) is 1.10. The standard InChI is InChI=1S/C9H14N4O4/c1-3-13-7(10-11-12-13)6-17-9(15)5-8(14)16-4-2/h3-6H2,1-2H3. The van der Waals surface area contributed by atoms with Gasteiger partial charge in [-0.3, -0.25) is 9.59 Å². The van der Waals surface area contributed by atoms with Crippen molar-refractivity contribution in [3.8, 4) is 0 Å². The van der Waals surface area contributed by atoms with Gasteiger partial charge in [0.25, 0.3) is 0 Å². The number of aryl methyl sites for hydroxylation is 1. The quantitative estimate of drug-likeness (QED) is 0.498. The third-order valence-electron chi connectivity index (χ3n) is 1.86. The van der Waals surface area contributed by atoms with Crippen LogP contribution in [0.1, 0.15) is 26.1 Å². The van der Waals surface area contributed by atoms with Gasteiger partial charge in [0.2, 0.25) is 0 Å². The van der Waals surface area contributed by atoms with Crippen LogP contribution >= 0.6 is 0 Å². The molecule has 0 radical (unpaired) electrons. The Labute approximate surface area is 97.9 Å². The van der Waals surface area contributed by atoms with E-state index in [0.717, 1.165) is 0 Å². The van der Waals surface area contributed by atoms with Gasteiger partial charge < -0.3 is 9.47 Å². The van der Waals surface area contributed by atoms with Crippen LogP contribution in [0.5, 0.6) is 0 Å². The van der Waals surface area contributed by atoms with Crippen LogP contribution in [0.2, 0.25) is 0 Å². The summed E-state index contributed by atoms with van der Waals surface area (Å²) in [7, 11) is 0. The first-order valence-corrected chi connectivity index (χ1v) is 5.23. The Morgan fingerprint density at radius 3 is 2.59 bits per heavy atom. The number of nitrogens with zero attached hydrogens (tertiary/aromatic N) is 4. The second-order valence-electron chi connectivity index (χ2n) is 3.05. The van der Waals surface area contributed by atoms with Gasteiger partial charge in [0.15, 0.2) is 12.4 Å². The van der Waals surface area contributed by atoms with Crippen LogP contribution in [-0.4, -0.2) is 38.8 Å². The zero-order valence-electron chi connectivity index (χ0n) is 9.75. The summed E-state index contributed by atoms with van der Waals surface area (Å²) in [4.78, 5) is 22.2. The van der Waals surface area contributed by atoms with E-state index < -0.39 is 18.4 Å². The fourth-order valence-electron chi connectivity index (χ4n) is 1.10. The van der Waals surface area contributed by atoms with Gasteiger partial charge >= 0.3 is 11.9 Å². The molecule has 0 aliphatic carbocycles. The van der Waals surface area contributed by atoms with Crippen molar-refractivity contribution in [1.82, 2.24) is 20.2 Å². The van der Waals surface area contributed by atoms with E-state index in [4.69, 9.17) is 4.74 Å². The van der Waals surface area contributed by atoms with Crippen molar-refractivity contribution in [2.24, 2.45) is 0 Å². The van der Waals surface area contributed by atoms with E-state index in [-0.39, 0.29) is 13.2 Å². The fraction of sp³-hybridized carbons (Fsp3) is 0.667. The van der Waals surface area contributed by atoms with E-state index in [1.807, 2.05) is 6.92 Å². The molecule has 1 aromatic heterocycles. The molecule has 0 spiro atoms.